The van der Waals surface area contributed by atoms with Crippen LogP contribution in [0.2, 0.25) is 0 Å². The number of aromatic nitrogens is 2. The maximum atomic E-state index is 4.50. The molecule has 12 heavy (non-hydrogen) atoms. The third kappa shape index (κ3) is 1.10. The zero-order valence-corrected chi connectivity index (χ0v) is 8.85. The Labute approximate surface area is 80.3 Å². The molecule has 4 heteroatoms. The lowest BCUT2D eigenvalue weighted by Gasteiger charge is -2.07. The van der Waals surface area contributed by atoms with Crippen LogP contribution in [0.1, 0.15) is 31.1 Å². The Bertz CT molecular complexity index is 303. The summed E-state index contributed by atoms with van der Waals surface area (Å²) in [5.74, 6) is 0. The van der Waals surface area contributed by atoms with E-state index >= 15 is 0 Å². The predicted octanol–water partition coefficient (Wildman–Crippen LogP) is 1.83. The summed E-state index contributed by atoms with van der Waals surface area (Å²) >= 11 is 3.56. The Hall–Kier alpha value is -0.350. The van der Waals surface area contributed by atoms with Crippen LogP contribution in [0.3, 0.4) is 0 Å². The van der Waals surface area contributed by atoms with E-state index in [2.05, 4.69) is 40.2 Å². The number of nitrogens with one attached hydrogen (secondary N) is 1. The van der Waals surface area contributed by atoms with Crippen molar-refractivity contribution in [1.82, 2.24) is 15.1 Å². The van der Waals surface area contributed by atoms with Gasteiger partial charge in [0.15, 0.2) is 0 Å². The summed E-state index contributed by atoms with van der Waals surface area (Å²) in [5.41, 5.74) is 2.51. The van der Waals surface area contributed by atoms with Crippen molar-refractivity contribution in [2.24, 2.45) is 0 Å². The summed E-state index contributed by atoms with van der Waals surface area (Å²) in [4.78, 5) is 0. The van der Waals surface area contributed by atoms with Gasteiger partial charge in [0.05, 0.1) is 5.69 Å². The molecule has 0 fully saturated rings. The van der Waals surface area contributed by atoms with E-state index in [0.717, 1.165) is 17.7 Å². The fraction of sp³-hybridized carbons (Fsp3) is 0.625. The molecule has 1 aliphatic rings. The van der Waals surface area contributed by atoms with Gasteiger partial charge in [-0.05, 0) is 29.8 Å². The van der Waals surface area contributed by atoms with E-state index in [9.17, 15) is 0 Å². The second-order valence-electron chi connectivity index (χ2n) is 3.36. The Morgan fingerprint density at radius 2 is 2.25 bits per heavy atom. The molecule has 2 heterocycles. The molecule has 0 amide bonds. The number of hydrogen-bond acceptors (Lipinski definition) is 2. The number of fused-ring (bicyclic) bond motifs is 1. The Morgan fingerprint density at radius 1 is 1.50 bits per heavy atom. The van der Waals surface area contributed by atoms with Crippen LogP contribution in [-0.2, 0) is 13.1 Å². The van der Waals surface area contributed by atoms with Crippen molar-refractivity contribution in [3.05, 3.63) is 15.9 Å². The first-order valence-electron chi connectivity index (χ1n) is 4.16. The maximum Gasteiger partial charge on any atom is 0.109 e. The van der Waals surface area contributed by atoms with Crippen LogP contribution in [0.5, 0.6) is 0 Å². The number of rotatable bonds is 1. The van der Waals surface area contributed by atoms with Gasteiger partial charge in [0, 0.05) is 24.7 Å². The zero-order valence-electron chi connectivity index (χ0n) is 7.26. The van der Waals surface area contributed by atoms with Gasteiger partial charge in [0.25, 0.3) is 0 Å². The van der Waals surface area contributed by atoms with Crippen molar-refractivity contribution in [2.45, 2.75) is 33.0 Å². The summed E-state index contributed by atoms with van der Waals surface area (Å²) in [7, 11) is 0. The molecule has 1 aromatic rings. The van der Waals surface area contributed by atoms with Crippen molar-refractivity contribution in [1.29, 1.82) is 0 Å². The highest BCUT2D eigenvalue weighted by Gasteiger charge is 2.20. The summed E-state index contributed by atoms with van der Waals surface area (Å²) < 4.78 is 3.17. The van der Waals surface area contributed by atoms with E-state index in [0.29, 0.717) is 6.04 Å². The minimum absolute atomic E-state index is 0.435. The van der Waals surface area contributed by atoms with Crippen molar-refractivity contribution in [2.75, 3.05) is 0 Å². The quantitative estimate of drug-likeness (QED) is 0.797. The highest BCUT2D eigenvalue weighted by atomic mass is 79.9. The van der Waals surface area contributed by atoms with Crippen LogP contribution in [-0.4, -0.2) is 9.78 Å². The van der Waals surface area contributed by atoms with Gasteiger partial charge < -0.3 is 5.32 Å². The van der Waals surface area contributed by atoms with Crippen LogP contribution in [0.15, 0.2) is 4.60 Å². The molecule has 3 nitrogen and oxygen atoms in total. The molecule has 0 saturated carbocycles. The summed E-state index contributed by atoms with van der Waals surface area (Å²) in [6.07, 6.45) is 0. The molecule has 0 aromatic carbocycles. The van der Waals surface area contributed by atoms with E-state index in [1.54, 1.807) is 0 Å². The average molecular weight is 230 g/mol. The lowest BCUT2D eigenvalue weighted by Crippen LogP contribution is -2.08. The van der Waals surface area contributed by atoms with Crippen LogP contribution in [0, 0.1) is 0 Å². The largest absolute Gasteiger partial charge is 0.307 e. The van der Waals surface area contributed by atoms with Gasteiger partial charge in [-0.1, -0.05) is 0 Å². The van der Waals surface area contributed by atoms with E-state index in [1.807, 2.05) is 4.68 Å². The zero-order chi connectivity index (χ0) is 8.72. The van der Waals surface area contributed by atoms with Crippen LogP contribution in [0.4, 0.5) is 0 Å². The molecule has 1 N–H and O–H groups in total. The number of nitrogens with zero attached hydrogens (tertiary/aromatic N) is 2. The first-order chi connectivity index (χ1) is 5.70. The highest BCUT2D eigenvalue weighted by Crippen LogP contribution is 2.26. The molecule has 2 rings (SSSR count). The SMILES string of the molecule is CC(C)n1nc2c(c1Br)CNC2. The fourth-order valence-electron chi connectivity index (χ4n) is 1.46. The van der Waals surface area contributed by atoms with Gasteiger partial charge in [-0.15, -0.1) is 0 Å². The maximum absolute atomic E-state index is 4.50. The summed E-state index contributed by atoms with van der Waals surface area (Å²) in [5, 5.41) is 7.77. The predicted molar refractivity (Wildman–Crippen MR) is 50.9 cm³/mol. The standard InChI is InChI=1S/C8H12BrN3/c1-5(2)12-8(9)6-3-10-4-7(6)11-12/h5,10H,3-4H2,1-2H3. The minimum Gasteiger partial charge on any atom is -0.307 e. The second-order valence-corrected chi connectivity index (χ2v) is 4.11. The minimum atomic E-state index is 0.435. The van der Waals surface area contributed by atoms with E-state index in [1.165, 1.54) is 11.3 Å². The van der Waals surface area contributed by atoms with E-state index in [-0.39, 0.29) is 0 Å². The van der Waals surface area contributed by atoms with Crippen molar-refractivity contribution in [3.8, 4) is 0 Å². The smallest absolute Gasteiger partial charge is 0.109 e. The molecule has 0 atom stereocenters. The molecule has 66 valence electrons. The van der Waals surface area contributed by atoms with E-state index < -0.39 is 0 Å². The first-order valence-corrected chi connectivity index (χ1v) is 4.96. The van der Waals surface area contributed by atoms with Gasteiger partial charge in [-0.3, -0.25) is 4.68 Å². The Balaban J connectivity index is 2.47. The molecule has 1 aromatic heterocycles. The van der Waals surface area contributed by atoms with Crippen molar-refractivity contribution < 1.29 is 0 Å². The molecule has 0 spiro atoms. The third-order valence-electron chi connectivity index (χ3n) is 2.11. The average Bonchev–Trinajstić information content (AvgIpc) is 2.53. The number of hydrogen-bond donors (Lipinski definition) is 1. The summed E-state index contributed by atoms with van der Waals surface area (Å²) in [6.45, 7) is 6.14. The monoisotopic (exact) mass is 229 g/mol. The van der Waals surface area contributed by atoms with Gasteiger partial charge >= 0.3 is 0 Å². The van der Waals surface area contributed by atoms with Crippen LogP contribution in [0.25, 0.3) is 0 Å². The van der Waals surface area contributed by atoms with Gasteiger partial charge in [0.1, 0.15) is 4.60 Å². The van der Waals surface area contributed by atoms with Gasteiger partial charge in [0.2, 0.25) is 0 Å². The molecular weight excluding hydrogens is 218 g/mol. The molecule has 0 bridgehead atoms. The second kappa shape index (κ2) is 2.85. The lowest BCUT2D eigenvalue weighted by molar-refractivity contribution is 0.509. The third-order valence-corrected chi connectivity index (χ3v) is 2.95. The Morgan fingerprint density at radius 3 is 2.83 bits per heavy atom. The lowest BCUT2D eigenvalue weighted by atomic mass is 10.3. The van der Waals surface area contributed by atoms with Gasteiger partial charge in [-0.25, -0.2) is 0 Å². The molecular formula is C8H12BrN3. The molecule has 0 saturated heterocycles. The highest BCUT2D eigenvalue weighted by molar-refractivity contribution is 9.10. The molecule has 0 aliphatic carbocycles. The molecule has 0 radical (unpaired) electrons. The topological polar surface area (TPSA) is 29.9 Å². The summed E-state index contributed by atoms with van der Waals surface area (Å²) in [6, 6.07) is 0.435. The molecule has 0 unspecified atom stereocenters. The van der Waals surface area contributed by atoms with Crippen LogP contribution >= 0.6 is 15.9 Å². The fourth-order valence-corrected chi connectivity index (χ4v) is 2.31. The number of halogens is 1. The first kappa shape index (κ1) is 8.26. The van der Waals surface area contributed by atoms with Crippen molar-refractivity contribution >= 4 is 15.9 Å². The molecule has 1 aliphatic heterocycles. The van der Waals surface area contributed by atoms with Gasteiger partial charge in [-0.2, -0.15) is 5.10 Å². The normalized spacial score (nSPS) is 15.7. The van der Waals surface area contributed by atoms with E-state index in [4.69, 9.17) is 0 Å². The Kier molecular flexibility index (Phi) is 1.96. The van der Waals surface area contributed by atoms with Crippen molar-refractivity contribution in [3.63, 3.8) is 0 Å². The van der Waals surface area contributed by atoms with Crippen LogP contribution < -0.4 is 5.32 Å².